The lowest BCUT2D eigenvalue weighted by Crippen LogP contribution is -2.32. The summed E-state index contributed by atoms with van der Waals surface area (Å²) in [6, 6.07) is 4.47. The van der Waals surface area contributed by atoms with E-state index in [1.807, 2.05) is 0 Å². The number of carboxylic acid groups (broad SMARTS) is 1. The molecule has 25 heavy (non-hydrogen) atoms. The highest BCUT2D eigenvalue weighted by Gasteiger charge is 2.24. The standard InChI is InChI=1S/C19H29NO5/c1-6-13(12(2)3)9-18(21)20-16(11-19(22)23)15-8-7-14(24-4)10-17(15)25-5/h7-8,10,12-13,16H,6,9,11H2,1-5H3,(H,20,21)(H,22,23). The minimum absolute atomic E-state index is 0.148. The number of carbonyl (C=O) groups excluding carboxylic acids is 1. The molecule has 0 heterocycles. The average Bonchev–Trinajstić information content (AvgIpc) is 2.57. The smallest absolute Gasteiger partial charge is 0.305 e. The van der Waals surface area contributed by atoms with Gasteiger partial charge in [-0.25, -0.2) is 0 Å². The number of hydrogen-bond acceptors (Lipinski definition) is 4. The van der Waals surface area contributed by atoms with E-state index < -0.39 is 12.0 Å². The Morgan fingerprint density at radius 3 is 2.32 bits per heavy atom. The first-order valence-electron chi connectivity index (χ1n) is 8.55. The molecule has 2 N–H and O–H groups in total. The number of rotatable bonds is 10. The van der Waals surface area contributed by atoms with Gasteiger partial charge in [0, 0.05) is 18.1 Å². The van der Waals surface area contributed by atoms with E-state index in [1.165, 1.54) is 7.11 Å². The molecule has 0 aromatic heterocycles. The van der Waals surface area contributed by atoms with Crippen molar-refractivity contribution in [3.8, 4) is 11.5 Å². The first-order valence-corrected chi connectivity index (χ1v) is 8.55. The lowest BCUT2D eigenvalue weighted by Gasteiger charge is -2.23. The Morgan fingerprint density at radius 2 is 1.84 bits per heavy atom. The molecule has 2 unspecified atom stereocenters. The first-order chi connectivity index (χ1) is 11.8. The van der Waals surface area contributed by atoms with E-state index in [0.717, 1.165) is 6.42 Å². The van der Waals surface area contributed by atoms with Crippen molar-refractivity contribution in [3.63, 3.8) is 0 Å². The first kappa shape index (κ1) is 20.8. The van der Waals surface area contributed by atoms with Crippen LogP contribution < -0.4 is 14.8 Å². The van der Waals surface area contributed by atoms with Crippen molar-refractivity contribution in [1.82, 2.24) is 5.32 Å². The van der Waals surface area contributed by atoms with Crippen LogP contribution in [0, 0.1) is 11.8 Å². The summed E-state index contributed by atoms with van der Waals surface area (Å²) in [7, 11) is 3.05. The monoisotopic (exact) mass is 351 g/mol. The van der Waals surface area contributed by atoms with Gasteiger partial charge in [0.1, 0.15) is 11.5 Å². The zero-order valence-electron chi connectivity index (χ0n) is 15.7. The van der Waals surface area contributed by atoms with E-state index in [1.54, 1.807) is 25.3 Å². The van der Waals surface area contributed by atoms with Crippen LogP contribution in [0.3, 0.4) is 0 Å². The Bertz CT molecular complexity index is 585. The number of ether oxygens (including phenoxy) is 2. The van der Waals surface area contributed by atoms with Gasteiger partial charge in [0.15, 0.2) is 0 Å². The molecule has 0 saturated heterocycles. The van der Waals surface area contributed by atoms with Crippen LogP contribution in [0.4, 0.5) is 0 Å². The Labute approximate surface area is 149 Å². The molecular formula is C19H29NO5. The molecule has 0 spiro atoms. The van der Waals surface area contributed by atoms with E-state index in [0.29, 0.717) is 29.4 Å². The van der Waals surface area contributed by atoms with Gasteiger partial charge in [0.25, 0.3) is 0 Å². The Morgan fingerprint density at radius 1 is 1.16 bits per heavy atom. The van der Waals surface area contributed by atoms with Crippen molar-refractivity contribution in [2.45, 2.75) is 46.1 Å². The van der Waals surface area contributed by atoms with E-state index in [9.17, 15) is 14.7 Å². The van der Waals surface area contributed by atoms with E-state index in [-0.39, 0.29) is 18.2 Å². The van der Waals surface area contributed by atoms with Crippen LogP contribution in [0.15, 0.2) is 18.2 Å². The molecule has 0 fully saturated rings. The van der Waals surface area contributed by atoms with Gasteiger partial charge in [-0.3, -0.25) is 9.59 Å². The lowest BCUT2D eigenvalue weighted by atomic mass is 9.89. The minimum atomic E-state index is -0.987. The molecule has 0 aliphatic rings. The zero-order chi connectivity index (χ0) is 19.0. The largest absolute Gasteiger partial charge is 0.497 e. The third-order valence-corrected chi connectivity index (χ3v) is 4.44. The summed E-state index contributed by atoms with van der Waals surface area (Å²) in [6.45, 7) is 6.23. The normalized spacial score (nSPS) is 13.2. The number of carboxylic acids is 1. The Hall–Kier alpha value is -2.24. The van der Waals surface area contributed by atoms with Crippen LogP contribution >= 0.6 is 0 Å². The predicted octanol–water partition coefficient (Wildman–Crippen LogP) is 3.41. The maximum Gasteiger partial charge on any atom is 0.305 e. The van der Waals surface area contributed by atoms with Crippen molar-refractivity contribution in [2.24, 2.45) is 11.8 Å². The lowest BCUT2D eigenvalue weighted by molar-refractivity contribution is -0.137. The van der Waals surface area contributed by atoms with Crippen molar-refractivity contribution in [1.29, 1.82) is 0 Å². The van der Waals surface area contributed by atoms with Crippen LogP contribution in [0.25, 0.3) is 0 Å². The molecular weight excluding hydrogens is 322 g/mol. The molecule has 0 bridgehead atoms. The molecule has 0 aliphatic carbocycles. The highest BCUT2D eigenvalue weighted by molar-refractivity contribution is 5.78. The molecule has 1 aromatic rings. The second-order valence-electron chi connectivity index (χ2n) is 6.44. The number of aliphatic carboxylic acids is 1. The van der Waals surface area contributed by atoms with E-state index in [4.69, 9.17) is 9.47 Å². The Balaban J connectivity index is 3.01. The fourth-order valence-electron chi connectivity index (χ4n) is 2.86. The molecule has 0 radical (unpaired) electrons. The molecule has 2 atom stereocenters. The number of benzene rings is 1. The number of carbonyl (C=O) groups is 2. The van der Waals surface area contributed by atoms with Crippen LogP contribution in [0.5, 0.6) is 11.5 Å². The fraction of sp³-hybridized carbons (Fsp3) is 0.579. The van der Waals surface area contributed by atoms with Crippen molar-refractivity contribution < 1.29 is 24.2 Å². The second kappa shape index (κ2) is 9.91. The SMILES string of the molecule is CCC(CC(=O)NC(CC(=O)O)c1ccc(OC)cc1OC)C(C)C. The van der Waals surface area contributed by atoms with Gasteiger partial charge < -0.3 is 19.9 Å². The summed E-state index contributed by atoms with van der Waals surface area (Å²) >= 11 is 0. The van der Waals surface area contributed by atoms with Crippen LogP contribution in [0.1, 0.15) is 51.6 Å². The maximum absolute atomic E-state index is 12.4. The van der Waals surface area contributed by atoms with Crippen molar-refractivity contribution >= 4 is 11.9 Å². The molecule has 140 valence electrons. The van der Waals surface area contributed by atoms with Crippen LogP contribution in [0.2, 0.25) is 0 Å². The van der Waals surface area contributed by atoms with Gasteiger partial charge >= 0.3 is 5.97 Å². The second-order valence-corrected chi connectivity index (χ2v) is 6.44. The van der Waals surface area contributed by atoms with Gasteiger partial charge in [-0.1, -0.05) is 27.2 Å². The fourth-order valence-corrected chi connectivity index (χ4v) is 2.86. The summed E-state index contributed by atoms with van der Waals surface area (Å²) in [4.78, 5) is 23.7. The van der Waals surface area contributed by atoms with Crippen molar-refractivity contribution in [2.75, 3.05) is 14.2 Å². The summed E-state index contributed by atoms with van der Waals surface area (Å²) in [5, 5.41) is 12.1. The summed E-state index contributed by atoms with van der Waals surface area (Å²) < 4.78 is 10.5. The summed E-state index contributed by atoms with van der Waals surface area (Å²) in [5.74, 6) is 0.616. The predicted molar refractivity (Wildman–Crippen MR) is 95.9 cm³/mol. The highest BCUT2D eigenvalue weighted by Crippen LogP contribution is 2.31. The number of amides is 1. The van der Waals surface area contributed by atoms with E-state index in [2.05, 4.69) is 26.1 Å². The van der Waals surface area contributed by atoms with Gasteiger partial charge in [-0.05, 0) is 24.0 Å². The molecule has 1 aromatic carbocycles. The molecule has 6 heteroatoms. The number of hydrogen-bond donors (Lipinski definition) is 2. The third kappa shape index (κ3) is 6.29. The number of methoxy groups -OCH3 is 2. The average molecular weight is 351 g/mol. The van der Waals surface area contributed by atoms with E-state index >= 15 is 0 Å². The minimum Gasteiger partial charge on any atom is -0.497 e. The van der Waals surface area contributed by atoms with Gasteiger partial charge in [-0.2, -0.15) is 0 Å². The molecule has 0 aliphatic heterocycles. The highest BCUT2D eigenvalue weighted by atomic mass is 16.5. The molecule has 6 nitrogen and oxygen atoms in total. The summed E-state index contributed by atoms with van der Waals surface area (Å²) in [6.07, 6.45) is 1.07. The van der Waals surface area contributed by atoms with Gasteiger partial charge in [0.2, 0.25) is 5.91 Å². The molecule has 1 rings (SSSR count). The molecule has 1 amide bonds. The third-order valence-electron chi connectivity index (χ3n) is 4.44. The van der Waals surface area contributed by atoms with Gasteiger partial charge in [-0.15, -0.1) is 0 Å². The zero-order valence-corrected chi connectivity index (χ0v) is 15.7. The van der Waals surface area contributed by atoms with Gasteiger partial charge in [0.05, 0.1) is 26.7 Å². The van der Waals surface area contributed by atoms with Crippen LogP contribution in [-0.2, 0) is 9.59 Å². The number of nitrogens with one attached hydrogen (secondary N) is 1. The molecule has 0 saturated carbocycles. The summed E-state index contributed by atoms with van der Waals surface area (Å²) in [5.41, 5.74) is 0.622. The maximum atomic E-state index is 12.4. The topological polar surface area (TPSA) is 84.9 Å². The van der Waals surface area contributed by atoms with Crippen LogP contribution in [-0.4, -0.2) is 31.2 Å². The Kier molecular flexibility index (Phi) is 8.25. The van der Waals surface area contributed by atoms with Crippen molar-refractivity contribution in [3.05, 3.63) is 23.8 Å². The quantitative estimate of drug-likeness (QED) is 0.675.